The third-order valence-electron chi connectivity index (χ3n) is 4.78. The van der Waals surface area contributed by atoms with E-state index in [1.165, 1.54) is 40.8 Å². The van der Waals surface area contributed by atoms with Crippen LogP contribution in [0.15, 0.2) is 18.2 Å². The van der Waals surface area contributed by atoms with Crippen LogP contribution in [0.3, 0.4) is 0 Å². The van der Waals surface area contributed by atoms with Crippen LogP contribution in [0.1, 0.15) is 34.7 Å². The molecule has 3 aromatic rings. The SMILES string of the molecule is O=C(O)CSCc1nc(NCc2ccc(F)cc2Cl)c2c3c(sc2n1)CCCC3. The predicted octanol–water partition coefficient (Wildman–Crippen LogP) is 5.29. The highest BCUT2D eigenvalue weighted by Crippen LogP contribution is 2.39. The number of benzene rings is 1. The Labute approximate surface area is 180 Å². The van der Waals surface area contributed by atoms with Crippen molar-refractivity contribution in [3.05, 3.63) is 50.9 Å². The Morgan fingerprint density at radius 3 is 2.93 bits per heavy atom. The number of nitrogens with one attached hydrogen (secondary N) is 1. The second-order valence-electron chi connectivity index (χ2n) is 6.86. The summed E-state index contributed by atoms with van der Waals surface area (Å²) < 4.78 is 13.3. The zero-order chi connectivity index (χ0) is 20.4. The number of aryl methyl sites for hydroxylation is 2. The van der Waals surface area contributed by atoms with Crippen molar-refractivity contribution in [2.24, 2.45) is 0 Å². The number of thioether (sulfide) groups is 1. The van der Waals surface area contributed by atoms with Crippen molar-refractivity contribution in [3.63, 3.8) is 0 Å². The van der Waals surface area contributed by atoms with E-state index in [-0.39, 0.29) is 11.6 Å². The molecular weight excluding hydrogens is 433 g/mol. The highest BCUT2D eigenvalue weighted by molar-refractivity contribution is 7.99. The van der Waals surface area contributed by atoms with Gasteiger partial charge in [-0.15, -0.1) is 23.1 Å². The summed E-state index contributed by atoms with van der Waals surface area (Å²) in [5.41, 5.74) is 2.10. The van der Waals surface area contributed by atoms with Crippen molar-refractivity contribution in [1.82, 2.24) is 9.97 Å². The summed E-state index contributed by atoms with van der Waals surface area (Å²) in [5, 5.41) is 13.7. The highest BCUT2D eigenvalue weighted by Gasteiger charge is 2.21. The molecular formula is C20H19ClFN3O2S2. The molecule has 2 aromatic heterocycles. The molecule has 0 radical (unpaired) electrons. The molecule has 0 spiro atoms. The minimum Gasteiger partial charge on any atom is -0.481 e. The van der Waals surface area contributed by atoms with E-state index in [2.05, 4.69) is 5.32 Å². The summed E-state index contributed by atoms with van der Waals surface area (Å²) in [6, 6.07) is 4.35. The fraction of sp³-hybridized carbons (Fsp3) is 0.350. The Hall–Kier alpha value is -1.90. The maximum atomic E-state index is 13.3. The molecule has 5 nitrogen and oxygen atoms in total. The smallest absolute Gasteiger partial charge is 0.313 e. The van der Waals surface area contributed by atoms with Crippen LogP contribution < -0.4 is 5.32 Å². The van der Waals surface area contributed by atoms with Crippen LogP contribution in [0.4, 0.5) is 10.2 Å². The number of rotatable bonds is 7. The van der Waals surface area contributed by atoms with Gasteiger partial charge in [-0.2, -0.15) is 0 Å². The molecule has 0 atom stereocenters. The fourth-order valence-corrected chi connectivity index (χ4v) is 5.57. The number of thiophene rings is 1. The Balaban J connectivity index is 1.66. The van der Waals surface area contributed by atoms with Crippen molar-refractivity contribution in [2.45, 2.75) is 38.0 Å². The Morgan fingerprint density at radius 2 is 2.14 bits per heavy atom. The van der Waals surface area contributed by atoms with Crippen molar-refractivity contribution >= 4 is 56.7 Å². The van der Waals surface area contributed by atoms with Crippen molar-refractivity contribution < 1.29 is 14.3 Å². The fourth-order valence-electron chi connectivity index (χ4n) is 3.47. The average molecular weight is 452 g/mol. The quantitative estimate of drug-likeness (QED) is 0.508. The summed E-state index contributed by atoms with van der Waals surface area (Å²) in [6.07, 6.45) is 4.40. The van der Waals surface area contributed by atoms with E-state index in [1.807, 2.05) is 0 Å². The molecule has 1 aromatic carbocycles. The van der Waals surface area contributed by atoms with Gasteiger partial charge in [-0.1, -0.05) is 17.7 Å². The van der Waals surface area contributed by atoms with E-state index in [9.17, 15) is 9.18 Å². The Kier molecular flexibility index (Phi) is 6.22. The maximum absolute atomic E-state index is 13.3. The molecule has 9 heteroatoms. The molecule has 152 valence electrons. The first kappa shape index (κ1) is 20.4. The van der Waals surface area contributed by atoms with Crippen LogP contribution in [0, 0.1) is 5.82 Å². The van der Waals surface area contributed by atoms with E-state index in [0.717, 1.165) is 40.9 Å². The predicted molar refractivity (Wildman–Crippen MR) is 117 cm³/mol. The van der Waals surface area contributed by atoms with Crippen molar-refractivity contribution in [1.29, 1.82) is 0 Å². The first-order chi connectivity index (χ1) is 14.0. The molecule has 4 rings (SSSR count). The maximum Gasteiger partial charge on any atom is 0.313 e. The van der Waals surface area contributed by atoms with E-state index < -0.39 is 5.97 Å². The number of nitrogens with zero attached hydrogens (tertiary/aromatic N) is 2. The number of hydrogen-bond acceptors (Lipinski definition) is 6. The molecule has 29 heavy (non-hydrogen) atoms. The van der Waals surface area contributed by atoms with Crippen molar-refractivity contribution in [2.75, 3.05) is 11.1 Å². The first-order valence-electron chi connectivity index (χ1n) is 9.30. The Bertz CT molecular complexity index is 1070. The molecule has 2 N–H and O–H groups in total. The summed E-state index contributed by atoms with van der Waals surface area (Å²) in [5.74, 6) is 0.558. The number of halogens is 2. The molecule has 0 saturated heterocycles. The van der Waals surface area contributed by atoms with Crippen LogP contribution in [-0.2, 0) is 29.9 Å². The van der Waals surface area contributed by atoms with Crippen molar-refractivity contribution in [3.8, 4) is 0 Å². The molecule has 0 saturated carbocycles. The van der Waals surface area contributed by atoms with Crippen LogP contribution in [0.5, 0.6) is 0 Å². The number of anilines is 1. The number of carboxylic acids is 1. The zero-order valence-electron chi connectivity index (χ0n) is 15.5. The normalized spacial score (nSPS) is 13.4. The van der Waals surface area contributed by atoms with Gasteiger partial charge in [-0.25, -0.2) is 14.4 Å². The molecule has 0 unspecified atom stereocenters. The number of fused-ring (bicyclic) bond motifs is 3. The second-order valence-corrected chi connectivity index (χ2v) is 9.33. The summed E-state index contributed by atoms with van der Waals surface area (Å²) in [7, 11) is 0. The average Bonchev–Trinajstić information content (AvgIpc) is 3.05. The van der Waals surface area contributed by atoms with Crippen LogP contribution in [-0.4, -0.2) is 26.8 Å². The zero-order valence-corrected chi connectivity index (χ0v) is 17.9. The molecule has 0 bridgehead atoms. The van der Waals surface area contributed by atoms with Gasteiger partial charge in [0.1, 0.15) is 22.3 Å². The number of aromatic nitrogens is 2. The van der Waals surface area contributed by atoms with E-state index in [1.54, 1.807) is 17.4 Å². The van der Waals surface area contributed by atoms with E-state index in [0.29, 0.717) is 23.1 Å². The largest absolute Gasteiger partial charge is 0.481 e. The van der Waals surface area contributed by atoms with E-state index >= 15 is 0 Å². The van der Waals surface area contributed by atoms with Gasteiger partial charge < -0.3 is 10.4 Å². The number of carboxylic acid groups (broad SMARTS) is 1. The van der Waals surface area contributed by atoms with Crippen LogP contribution >= 0.6 is 34.7 Å². The molecule has 1 aliphatic rings. The topological polar surface area (TPSA) is 75.1 Å². The number of carbonyl (C=O) groups is 1. The van der Waals surface area contributed by atoms with Gasteiger partial charge in [0.2, 0.25) is 0 Å². The molecule has 2 heterocycles. The van der Waals surface area contributed by atoms with Gasteiger partial charge in [-0.05, 0) is 48.9 Å². The number of aliphatic carboxylic acids is 1. The minimum atomic E-state index is -0.855. The van der Waals surface area contributed by atoms with Gasteiger partial charge in [0, 0.05) is 16.4 Å². The van der Waals surface area contributed by atoms with Crippen LogP contribution in [0.2, 0.25) is 5.02 Å². The van der Waals surface area contributed by atoms with Gasteiger partial charge in [-0.3, -0.25) is 4.79 Å². The number of hydrogen-bond donors (Lipinski definition) is 2. The summed E-state index contributed by atoms with van der Waals surface area (Å²) >= 11 is 9.14. The standard InChI is InChI=1S/C20H19ClFN3O2S2/c21-14-7-12(22)6-5-11(14)8-23-19-18-13-3-1-2-4-15(13)29-20(18)25-16(24-19)9-28-10-17(26)27/h5-7H,1-4,8-10H2,(H,26,27)(H,23,24,25). The van der Waals surface area contributed by atoms with E-state index in [4.69, 9.17) is 26.7 Å². The van der Waals surface area contributed by atoms with Gasteiger partial charge in [0.25, 0.3) is 0 Å². The van der Waals surface area contributed by atoms with Crippen LogP contribution in [0.25, 0.3) is 10.2 Å². The monoisotopic (exact) mass is 451 g/mol. The molecule has 0 amide bonds. The second kappa shape index (κ2) is 8.85. The highest BCUT2D eigenvalue weighted by atomic mass is 35.5. The first-order valence-corrected chi connectivity index (χ1v) is 11.6. The lowest BCUT2D eigenvalue weighted by Crippen LogP contribution is -2.07. The van der Waals surface area contributed by atoms with Gasteiger partial charge in [0.15, 0.2) is 0 Å². The lowest BCUT2D eigenvalue weighted by Gasteiger charge is -2.14. The molecule has 1 aliphatic carbocycles. The minimum absolute atomic E-state index is 0.0102. The molecule has 0 aliphatic heterocycles. The molecule has 0 fully saturated rings. The lowest BCUT2D eigenvalue weighted by molar-refractivity contribution is -0.133. The third-order valence-corrected chi connectivity index (χ3v) is 7.23. The van der Waals surface area contributed by atoms with Gasteiger partial charge >= 0.3 is 5.97 Å². The lowest BCUT2D eigenvalue weighted by atomic mass is 9.97. The summed E-state index contributed by atoms with van der Waals surface area (Å²) in [6.45, 7) is 0.414. The summed E-state index contributed by atoms with van der Waals surface area (Å²) in [4.78, 5) is 22.5. The van der Waals surface area contributed by atoms with Gasteiger partial charge in [0.05, 0.1) is 16.9 Å². The Morgan fingerprint density at radius 1 is 1.31 bits per heavy atom. The third kappa shape index (κ3) is 4.65.